The van der Waals surface area contributed by atoms with Gasteiger partial charge in [-0.15, -0.1) is 11.3 Å². The lowest BCUT2D eigenvalue weighted by Gasteiger charge is -2.08. The predicted molar refractivity (Wildman–Crippen MR) is 139 cm³/mol. The number of nitrogens with zero attached hydrogens (tertiary/aromatic N) is 1. The highest BCUT2D eigenvalue weighted by Crippen LogP contribution is 2.25. The standard InChI is InChI=1S/C26H25N3O3S2/c1-32-21-9-4-6-18(14-21)12-13-27-24(30)15-20-16-33-26(28-20)34-17-25(31)29-23-11-5-8-19-7-2-3-10-22(19)23/h2-11,14,16H,12-13,15,17H2,1H3,(H,27,30)(H,29,31). The van der Waals surface area contributed by atoms with Crippen LogP contribution < -0.4 is 15.4 Å². The number of thiazole rings is 1. The molecule has 34 heavy (non-hydrogen) atoms. The summed E-state index contributed by atoms with van der Waals surface area (Å²) in [6.45, 7) is 0.548. The minimum atomic E-state index is -0.0895. The number of benzene rings is 3. The van der Waals surface area contributed by atoms with E-state index < -0.39 is 0 Å². The quantitative estimate of drug-likeness (QED) is 0.307. The van der Waals surface area contributed by atoms with Crippen molar-refractivity contribution in [3.63, 3.8) is 0 Å². The molecule has 2 amide bonds. The first-order valence-electron chi connectivity index (χ1n) is 10.8. The van der Waals surface area contributed by atoms with Gasteiger partial charge in [-0.3, -0.25) is 9.59 Å². The zero-order chi connectivity index (χ0) is 23.8. The van der Waals surface area contributed by atoms with Crippen LogP contribution in [-0.2, 0) is 22.4 Å². The number of hydrogen-bond acceptors (Lipinski definition) is 6. The fraction of sp³-hybridized carbons (Fsp3) is 0.192. The van der Waals surface area contributed by atoms with Crippen molar-refractivity contribution < 1.29 is 14.3 Å². The summed E-state index contributed by atoms with van der Waals surface area (Å²) in [6, 6.07) is 21.6. The number of amides is 2. The van der Waals surface area contributed by atoms with Crippen LogP contribution in [0.25, 0.3) is 10.8 Å². The maximum Gasteiger partial charge on any atom is 0.234 e. The third-order valence-electron chi connectivity index (χ3n) is 5.13. The molecule has 0 aliphatic carbocycles. The number of rotatable bonds is 10. The lowest BCUT2D eigenvalue weighted by Crippen LogP contribution is -2.27. The summed E-state index contributed by atoms with van der Waals surface area (Å²) in [4.78, 5) is 29.2. The number of fused-ring (bicyclic) bond motifs is 1. The average molecular weight is 492 g/mol. The number of ether oxygens (including phenoxy) is 1. The monoisotopic (exact) mass is 491 g/mol. The van der Waals surface area contributed by atoms with Gasteiger partial charge in [-0.05, 0) is 35.6 Å². The SMILES string of the molecule is COc1cccc(CCNC(=O)Cc2csc(SCC(=O)Nc3cccc4ccccc34)n2)c1. The van der Waals surface area contributed by atoms with Crippen molar-refractivity contribution in [3.05, 3.63) is 83.4 Å². The molecule has 2 N–H and O–H groups in total. The van der Waals surface area contributed by atoms with Crippen LogP contribution in [0.2, 0.25) is 0 Å². The Hall–Kier alpha value is -3.36. The second kappa shape index (κ2) is 11.7. The Labute approximate surface area is 206 Å². The Morgan fingerprint density at radius 2 is 1.85 bits per heavy atom. The Balaban J connectivity index is 1.21. The number of aromatic nitrogens is 1. The Kier molecular flexibility index (Phi) is 8.17. The van der Waals surface area contributed by atoms with E-state index in [1.807, 2.05) is 72.1 Å². The van der Waals surface area contributed by atoms with E-state index >= 15 is 0 Å². The smallest absolute Gasteiger partial charge is 0.234 e. The molecular formula is C26H25N3O3S2. The maximum atomic E-state index is 12.5. The van der Waals surface area contributed by atoms with Crippen molar-refractivity contribution in [2.75, 3.05) is 24.7 Å². The van der Waals surface area contributed by atoms with E-state index in [-0.39, 0.29) is 24.0 Å². The molecule has 0 atom stereocenters. The summed E-state index contributed by atoms with van der Waals surface area (Å²) in [6.07, 6.45) is 0.949. The Morgan fingerprint density at radius 3 is 2.74 bits per heavy atom. The molecule has 0 spiro atoms. The zero-order valence-electron chi connectivity index (χ0n) is 18.7. The van der Waals surface area contributed by atoms with Crippen LogP contribution >= 0.6 is 23.1 Å². The molecule has 0 bridgehead atoms. The number of thioether (sulfide) groups is 1. The number of hydrogen-bond donors (Lipinski definition) is 2. The second-order valence-electron chi connectivity index (χ2n) is 7.60. The predicted octanol–water partition coefficient (Wildman–Crippen LogP) is 4.94. The first kappa shape index (κ1) is 23.8. The molecular weight excluding hydrogens is 466 g/mol. The van der Waals surface area contributed by atoms with Crippen LogP contribution in [0.3, 0.4) is 0 Å². The minimum absolute atomic E-state index is 0.0709. The molecule has 1 heterocycles. The molecule has 0 fully saturated rings. The Morgan fingerprint density at radius 1 is 1.03 bits per heavy atom. The molecule has 0 unspecified atom stereocenters. The highest BCUT2D eigenvalue weighted by Gasteiger charge is 2.11. The number of nitrogens with one attached hydrogen (secondary N) is 2. The fourth-order valence-corrected chi connectivity index (χ4v) is 5.13. The maximum absolute atomic E-state index is 12.5. The third-order valence-corrected chi connectivity index (χ3v) is 7.20. The van der Waals surface area contributed by atoms with Crippen molar-refractivity contribution in [1.82, 2.24) is 10.3 Å². The van der Waals surface area contributed by atoms with Crippen LogP contribution in [0.4, 0.5) is 5.69 Å². The molecule has 6 nitrogen and oxygen atoms in total. The molecule has 4 rings (SSSR count). The molecule has 0 saturated heterocycles. The zero-order valence-corrected chi connectivity index (χ0v) is 20.4. The van der Waals surface area contributed by atoms with Crippen LogP contribution in [0, 0.1) is 0 Å². The molecule has 4 aromatic rings. The van der Waals surface area contributed by atoms with E-state index in [9.17, 15) is 9.59 Å². The number of carbonyl (C=O) groups is 2. The summed E-state index contributed by atoms with van der Waals surface area (Å²) in [7, 11) is 1.64. The van der Waals surface area contributed by atoms with Gasteiger partial charge in [0, 0.05) is 23.0 Å². The Bertz CT molecular complexity index is 1280. The van der Waals surface area contributed by atoms with Gasteiger partial charge < -0.3 is 15.4 Å². The van der Waals surface area contributed by atoms with Gasteiger partial charge in [0.1, 0.15) is 5.75 Å². The number of methoxy groups -OCH3 is 1. The van der Waals surface area contributed by atoms with E-state index in [1.165, 1.54) is 23.1 Å². The van der Waals surface area contributed by atoms with E-state index in [0.717, 1.165) is 38.5 Å². The van der Waals surface area contributed by atoms with Gasteiger partial charge in [-0.2, -0.15) is 0 Å². The van der Waals surface area contributed by atoms with Gasteiger partial charge in [0.05, 0.1) is 25.0 Å². The van der Waals surface area contributed by atoms with Crippen molar-refractivity contribution in [3.8, 4) is 5.75 Å². The first-order chi connectivity index (χ1) is 16.6. The van der Waals surface area contributed by atoms with Crippen LogP contribution in [0.5, 0.6) is 5.75 Å². The molecule has 3 aromatic carbocycles. The number of anilines is 1. The topological polar surface area (TPSA) is 80.3 Å². The molecule has 1 aromatic heterocycles. The molecule has 0 aliphatic rings. The summed E-state index contributed by atoms with van der Waals surface area (Å²) in [5.41, 5.74) is 2.61. The van der Waals surface area contributed by atoms with Gasteiger partial charge in [0.15, 0.2) is 4.34 Å². The summed E-state index contributed by atoms with van der Waals surface area (Å²) in [5.74, 6) is 0.900. The van der Waals surface area contributed by atoms with Crippen LogP contribution in [0.15, 0.2) is 76.4 Å². The molecule has 0 aliphatic heterocycles. The highest BCUT2D eigenvalue weighted by atomic mass is 32.2. The third kappa shape index (κ3) is 6.59. The van der Waals surface area contributed by atoms with Gasteiger partial charge >= 0.3 is 0 Å². The summed E-state index contributed by atoms with van der Waals surface area (Å²) >= 11 is 2.82. The molecule has 8 heteroatoms. The molecule has 0 radical (unpaired) electrons. The lowest BCUT2D eigenvalue weighted by molar-refractivity contribution is -0.120. The van der Waals surface area contributed by atoms with Crippen LogP contribution in [-0.4, -0.2) is 36.2 Å². The van der Waals surface area contributed by atoms with Gasteiger partial charge in [0.2, 0.25) is 11.8 Å². The minimum Gasteiger partial charge on any atom is -0.497 e. The highest BCUT2D eigenvalue weighted by molar-refractivity contribution is 8.01. The van der Waals surface area contributed by atoms with E-state index in [4.69, 9.17) is 4.74 Å². The van der Waals surface area contributed by atoms with E-state index in [2.05, 4.69) is 15.6 Å². The van der Waals surface area contributed by atoms with E-state index in [0.29, 0.717) is 12.2 Å². The van der Waals surface area contributed by atoms with Crippen molar-refractivity contribution in [2.24, 2.45) is 0 Å². The van der Waals surface area contributed by atoms with Gasteiger partial charge in [-0.25, -0.2) is 4.98 Å². The second-order valence-corrected chi connectivity index (χ2v) is 9.68. The average Bonchev–Trinajstić information content (AvgIpc) is 3.30. The van der Waals surface area contributed by atoms with Gasteiger partial charge in [0.25, 0.3) is 0 Å². The van der Waals surface area contributed by atoms with Crippen molar-refractivity contribution >= 4 is 51.4 Å². The normalized spacial score (nSPS) is 10.7. The summed E-state index contributed by atoms with van der Waals surface area (Å²) < 4.78 is 5.99. The fourth-order valence-electron chi connectivity index (χ4n) is 3.49. The first-order valence-corrected chi connectivity index (χ1v) is 12.7. The van der Waals surface area contributed by atoms with Crippen LogP contribution in [0.1, 0.15) is 11.3 Å². The van der Waals surface area contributed by atoms with Gasteiger partial charge in [-0.1, -0.05) is 60.3 Å². The largest absolute Gasteiger partial charge is 0.497 e. The van der Waals surface area contributed by atoms with E-state index in [1.54, 1.807) is 7.11 Å². The molecule has 174 valence electrons. The number of carbonyl (C=O) groups excluding carboxylic acids is 2. The summed E-state index contributed by atoms with van der Waals surface area (Å²) in [5, 5.41) is 9.88. The molecule has 0 saturated carbocycles. The van der Waals surface area contributed by atoms with Crippen molar-refractivity contribution in [2.45, 2.75) is 17.2 Å². The van der Waals surface area contributed by atoms with Crippen molar-refractivity contribution in [1.29, 1.82) is 0 Å². The lowest BCUT2D eigenvalue weighted by atomic mass is 10.1.